The SMILES string of the molecule is CCc1ccccc1N(c1cc2c3c(c1)N(c1ccccc1)c1cc4c(cc1B3c1ccccc1N2c1ccccc1)B1c2ccccc2N(c2ccccc2)c2cc(N(c3ccccc3CC)c3ccccc3CC)cc(c21)N4c1ccccc1-c1ccccc1)c1ccccc1CC. The number of aryl methyl sites for hydroxylation is 4. The van der Waals surface area contributed by atoms with Crippen LogP contribution in [0.3, 0.4) is 0 Å². The molecule has 0 aliphatic carbocycles. The molecule has 0 fully saturated rings. The number of hydrogen-bond acceptors (Lipinski definition) is 6. The third-order valence-electron chi connectivity index (χ3n) is 21.3. The van der Waals surface area contributed by atoms with Crippen molar-refractivity contribution in [3.8, 4) is 11.1 Å². The first-order valence-electron chi connectivity index (χ1n) is 35.6. The van der Waals surface area contributed by atoms with Crippen molar-refractivity contribution in [3.05, 3.63) is 350 Å². The molecule has 14 aromatic carbocycles. The molecular formula is C92H74B2N6. The molecular weight excluding hydrogens is 1210 g/mol. The second-order valence-electron chi connectivity index (χ2n) is 26.6. The van der Waals surface area contributed by atoms with Crippen LogP contribution in [0, 0.1) is 0 Å². The summed E-state index contributed by atoms with van der Waals surface area (Å²) in [5.74, 6) is 0. The largest absolute Gasteiger partial charge is 0.311 e. The molecule has 0 aromatic heterocycles. The van der Waals surface area contributed by atoms with E-state index in [4.69, 9.17) is 0 Å². The van der Waals surface area contributed by atoms with Gasteiger partial charge in [0.1, 0.15) is 0 Å². The van der Waals surface area contributed by atoms with Crippen LogP contribution in [-0.2, 0) is 25.7 Å². The van der Waals surface area contributed by atoms with Crippen LogP contribution in [0.2, 0.25) is 0 Å². The maximum Gasteiger partial charge on any atom is 0.252 e. The maximum atomic E-state index is 2.67. The fourth-order valence-corrected chi connectivity index (χ4v) is 16.9. The van der Waals surface area contributed by atoms with E-state index in [9.17, 15) is 0 Å². The summed E-state index contributed by atoms with van der Waals surface area (Å²) in [5, 5.41) is 0. The smallest absolute Gasteiger partial charge is 0.252 e. The molecule has 0 bridgehead atoms. The standard InChI is InChI=1S/C92H74B2N6/c1-5-63-35-21-28-50-78(63)98(79-51-29-22-36-64(79)6-2)71-57-87-91-89(59-71)97(70-45-19-12-20-46-70)85-62-86-77(61-76(85)93(91)74-48-26-33-55-83(74)95(87)68-41-15-10-16-42-68)94-75-49-27-34-56-84(75)96(69-43-17-11-18-44-69)88-58-72(99(80-52-30-23-37-65(80)7-3)81-53-31-24-38-66(81)8-4)60-90(92(88)94)100(86)82-54-32-25-47-73(82)67-39-13-9-14-40-67/h9-62H,5-8H2,1-4H3. The van der Waals surface area contributed by atoms with Gasteiger partial charge in [0.25, 0.3) is 13.4 Å². The summed E-state index contributed by atoms with van der Waals surface area (Å²) >= 11 is 0. The molecule has 100 heavy (non-hydrogen) atoms. The third-order valence-corrected chi connectivity index (χ3v) is 21.3. The molecule has 0 atom stereocenters. The first kappa shape index (κ1) is 60.4. The van der Waals surface area contributed by atoms with Crippen LogP contribution in [0.1, 0.15) is 49.9 Å². The van der Waals surface area contributed by atoms with Crippen molar-refractivity contribution in [2.45, 2.75) is 53.4 Å². The second kappa shape index (κ2) is 25.1. The van der Waals surface area contributed by atoms with E-state index in [1.807, 2.05) is 0 Å². The van der Waals surface area contributed by atoms with Crippen molar-refractivity contribution < 1.29 is 0 Å². The zero-order valence-corrected chi connectivity index (χ0v) is 56.8. The van der Waals surface area contributed by atoms with Crippen LogP contribution in [-0.4, -0.2) is 13.4 Å². The molecule has 0 saturated carbocycles. The van der Waals surface area contributed by atoms with E-state index in [1.165, 1.54) is 83.5 Å². The van der Waals surface area contributed by atoms with Crippen molar-refractivity contribution in [1.29, 1.82) is 0 Å². The Morgan fingerprint density at radius 3 is 0.930 bits per heavy atom. The number of hydrogen-bond donors (Lipinski definition) is 0. The average molecular weight is 1290 g/mol. The van der Waals surface area contributed by atoms with Gasteiger partial charge in [-0.15, -0.1) is 0 Å². The quantitative estimate of drug-likeness (QED) is 0.0946. The van der Waals surface area contributed by atoms with Crippen LogP contribution in [0.5, 0.6) is 0 Å². The number of nitrogens with zero attached hydrogens (tertiary/aromatic N) is 6. The summed E-state index contributed by atoms with van der Waals surface area (Å²) in [6, 6.07) is 124. The molecule has 6 nitrogen and oxygen atoms in total. The van der Waals surface area contributed by atoms with E-state index in [0.717, 1.165) is 111 Å². The first-order chi connectivity index (χ1) is 49.5. The Kier molecular flexibility index (Phi) is 15.2. The van der Waals surface area contributed by atoms with Crippen LogP contribution >= 0.6 is 0 Å². The lowest BCUT2D eigenvalue weighted by Crippen LogP contribution is -2.65. The topological polar surface area (TPSA) is 19.4 Å². The molecule has 478 valence electrons. The van der Waals surface area contributed by atoms with Crippen LogP contribution in [0.4, 0.5) is 102 Å². The lowest BCUT2D eigenvalue weighted by molar-refractivity contribution is 1.08. The van der Waals surface area contributed by atoms with Gasteiger partial charge in [-0.2, -0.15) is 0 Å². The average Bonchev–Trinajstić information content (AvgIpc) is 0.684. The van der Waals surface area contributed by atoms with Crippen molar-refractivity contribution in [1.82, 2.24) is 0 Å². The number of rotatable bonds is 15. The Labute approximate surface area is 588 Å². The summed E-state index contributed by atoms with van der Waals surface area (Å²) < 4.78 is 0. The summed E-state index contributed by atoms with van der Waals surface area (Å²) in [5.41, 5.74) is 35.4. The van der Waals surface area contributed by atoms with Gasteiger partial charge in [-0.3, -0.25) is 0 Å². The van der Waals surface area contributed by atoms with E-state index >= 15 is 0 Å². The van der Waals surface area contributed by atoms with E-state index < -0.39 is 0 Å². The monoisotopic (exact) mass is 1280 g/mol. The highest BCUT2D eigenvalue weighted by Crippen LogP contribution is 2.54. The maximum absolute atomic E-state index is 2.67. The van der Waals surface area contributed by atoms with Crippen molar-refractivity contribution in [2.24, 2.45) is 0 Å². The van der Waals surface area contributed by atoms with Gasteiger partial charge in [0, 0.05) is 90.9 Å². The Hall–Kier alpha value is -12.0. The Morgan fingerprint density at radius 2 is 0.540 bits per heavy atom. The highest BCUT2D eigenvalue weighted by molar-refractivity contribution is 7.03. The molecule has 0 saturated heterocycles. The molecule has 0 N–H and O–H groups in total. The Morgan fingerprint density at radius 1 is 0.240 bits per heavy atom. The van der Waals surface area contributed by atoms with Gasteiger partial charge in [-0.25, -0.2) is 0 Å². The highest BCUT2D eigenvalue weighted by atomic mass is 15.2. The fourth-order valence-electron chi connectivity index (χ4n) is 16.9. The summed E-state index contributed by atoms with van der Waals surface area (Å²) in [6.45, 7) is 8.75. The minimum absolute atomic E-state index is 0.187. The highest BCUT2D eigenvalue weighted by Gasteiger charge is 2.49. The number of benzene rings is 14. The van der Waals surface area contributed by atoms with E-state index in [0.29, 0.717) is 0 Å². The molecule has 4 heterocycles. The number of anilines is 18. The predicted molar refractivity (Wildman–Crippen MR) is 427 cm³/mol. The lowest BCUT2D eigenvalue weighted by Gasteiger charge is -2.48. The van der Waals surface area contributed by atoms with Crippen molar-refractivity contribution in [2.75, 3.05) is 29.4 Å². The summed E-state index contributed by atoms with van der Waals surface area (Å²) in [4.78, 5) is 15.5. The van der Waals surface area contributed by atoms with Crippen LogP contribution < -0.4 is 62.2 Å². The molecule has 14 aromatic rings. The molecule has 8 heteroatoms. The molecule has 0 unspecified atom stereocenters. The van der Waals surface area contributed by atoms with Gasteiger partial charge in [0.05, 0.1) is 17.1 Å². The van der Waals surface area contributed by atoms with Gasteiger partial charge < -0.3 is 29.4 Å². The zero-order valence-electron chi connectivity index (χ0n) is 56.8. The van der Waals surface area contributed by atoms with Gasteiger partial charge in [-0.1, -0.05) is 246 Å². The molecule has 4 aliphatic heterocycles. The molecule has 4 aliphatic rings. The predicted octanol–water partition coefficient (Wildman–Crippen LogP) is 20.7. The number of para-hydroxylation sites is 10. The normalized spacial score (nSPS) is 12.8. The minimum Gasteiger partial charge on any atom is -0.311 e. The Balaban J connectivity index is 0.993. The summed E-state index contributed by atoms with van der Waals surface area (Å²) in [7, 11) is 0. The van der Waals surface area contributed by atoms with Crippen molar-refractivity contribution in [3.63, 3.8) is 0 Å². The number of fused-ring (bicyclic) bond motifs is 8. The van der Waals surface area contributed by atoms with Gasteiger partial charge in [0.15, 0.2) is 0 Å². The van der Waals surface area contributed by atoms with E-state index in [-0.39, 0.29) is 13.4 Å². The minimum atomic E-state index is -0.200. The van der Waals surface area contributed by atoms with Crippen molar-refractivity contribution >= 4 is 149 Å². The van der Waals surface area contributed by atoms with Crippen LogP contribution in [0.15, 0.2) is 328 Å². The molecule has 0 radical (unpaired) electrons. The molecule has 18 rings (SSSR count). The summed E-state index contributed by atoms with van der Waals surface area (Å²) in [6.07, 6.45) is 3.49. The lowest BCUT2D eigenvalue weighted by atomic mass is 9.30. The fraction of sp³-hybridized carbons (Fsp3) is 0.0870. The van der Waals surface area contributed by atoms with Crippen LogP contribution in [0.25, 0.3) is 11.1 Å². The van der Waals surface area contributed by atoms with Gasteiger partial charge in [-0.05, 0) is 195 Å². The second-order valence-corrected chi connectivity index (χ2v) is 26.6. The third kappa shape index (κ3) is 9.71. The Bertz CT molecular complexity index is 5350. The zero-order chi connectivity index (χ0) is 67.0. The van der Waals surface area contributed by atoms with Gasteiger partial charge >= 0.3 is 0 Å². The molecule has 0 spiro atoms. The molecule has 0 amide bonds. The van der Waals surface area contributed by atoms with E-state index in [2.05, 4.69) is 385 Å². The van der Waals surface area contributed by atoms with Gasteiger partial charge in [0.2, 0.25) is 0 Å². The first-order valence-corrected chi connectivity index (χ1v) is 35.6. The van der Waals surface area contributed by atoms with E-state index in [1.54, 1.807) is 0 Å².